The van der Waals surface area contributed by atoms with Gasteiger partial charge in [-0.2, -0.15) is 5.10 Å². The molecule has 1 aliphatic heterocycles. The van der Waals surface area contributed by atoms with Gasteiger partial charge in [0.25, 0.3) is 11.8 Å². The van der Waals surface area contributed by atoms with Gasteiger partial charge in [0.15, 0.2) is 9.84 Å². The Morgan fingerprint density at radius 3 is 2.49 bits per heavy atom. The van der Waals surface area contributed by atoms with Crippen LogP contribution in [0.4, 0.5) is 5.69 Å². The zero-order valence-electron chi connectivity index (χ0n) is 19.3. The van der Waals surface area contributed by atoms with Crippen molar-refractivity contribution in [3.8, 4) is 5.75 Å². The van der Waals surface area contributed by atoms with Crippen LogP contribution in [0.15, 0.2) is 76.9 Å². The summed E-state index contributed by atoms with van der Waals surface area (Å²) in [6, 6.07) is 16.4. The summed E-state index contributed by atoms with van der Waals surface area (Å²) in [4.78, 5) is 29.4. The fraction of sp³-hybridized carbons (Fsp3) is 0.200. The van der Waals surface area contributed by atoms with Crippen molar-refractivity contribution in [2.24, 2.45) is 5.10 Å². The van der Waals surface area contributed by atoms with Crippen molar-refractivity contribution in [1.82, 2.24) is 9.99 Å². The molecule has 1 N–H and O–H groups in total. The number of amides is 2. The van der Waals surface area contributed by atoms with Gasteiger partial charge in [0.2, 0.25) is 0 Å². The molecular weight excluding hydrogens is 468 g/mol. The molecule has 35 heavy (non-hydrogen) atoms. The van der Waals surface area contributed by atoms with Crippen LogP contribution < -0.4 is 10.1 Å². The molecule has 0 radical (unpaired) electrons. The van der Waals surface area contributed by atoms with Gasteiger partial charge in [-0.3, -0.25) is 14.6 Å². The molecule has 0 saturated heterocycles. The summed E-state index contributed by atoms with van der Waals surface area (Å²) in [6.07, 6.45) is 4.01. The van der Waals surface area contributed by atoms with E-state index in [1.54, 1.807) is 60.8 Å². The number of rotatable bonds is 6. The molecule has 2 amide bonds. The number of anilines is 1. The lowest BCUT2D eigenvalue weighted by atomic mass is 10.0. The van der Waals surface area contributed by atoms with E-state index in [0.717, 1.165) is 6.26 Å². The third-order valence-corrected chi connectivity index (χ3v) is 6.58. The molecule has 4 rings (SSSR count). The highest BCUT2D eigenvalue weighted by Gasteiger charge is 2.22. The smallest absolute Gasteiger partial charge is 0.274 e. The lowest BCUT2D eigenvalue weighted by Crippen LogP contribution is -2.32. The number of carbonyl (C=O) groups is 2. The number of sulfone groups is 1. The highest BCUT2D eigenvalue weighted by Crippen LogP contribution is 2.27. The maximum atomic E-state index is 13.1. The van der Waals surface area contributed by atoms with E-state index in [1.807, 2.05) is 0 Å². The first-order chi connectivity index (χ1) is 16.8. The van der Waals surface area contributed by atoms with Gasteiger partial charge < -0.3 is 10.1 Å². The quantitative estimate of drug-likeness (QED) is 0.564. The Labute approximate surface area is 203 Å². The van der Waals surface area contributed by atoms with Crippen LogP contribution in [0.5, 0.6) is 5.75 Å². The van der Waals surface area contributed by atoms with Crippen molar-refractivity contribution in [2.75, 3.05) is 25.2 Å². The molecule has 2 aromatic carbocycles. The Morgan fingerprint density at radius 1 is 1.06 bits per heavy atom. The number of hydrazone groups is 1. The van der Waals surface area contributed by atoms with Crippen molar-refractivity contribution in [3.05, 3.63) is 83.7 Å². The minimum absolute atomic E-state index is 0.100. The molecular formula is C25H24N4O5S. The summed E-state index contributed by atoms with van der Waals surface area (Å²) in [5.41, 5.74) is 2.62. The number of hydrogen-bond acceptors (Lipinski definition) is 7. The van der Waals surface area contributed by atoms with Crippen LogP contribution in [-0.4, -0.2) is 55.8 Å². The van der Waals surface area contributed by atoms with E-state index < -0.39 is 9.84 Å². The second kappa shape index (κ2) is 10.1. The molecule has 1 aliphatic rings. The highest BCUT2D eigenvalue weighted by atomic mass is 32.2. The first-order valence-electron chi connectivity index (χ1n) is 10.9. The molecule has 0 atom stereocenters. The van der Waals surface area contributed by atoms with Crippen molar-refractivity contribution < 1.29 is 22.7 Å². The van der Waals surface area contributed by atoms with Crippen LogP contribution in [0.2, 0.25) is 0 Å². The first-order valence-corrected chi connectivity index (χ1v) is 12.8. The standard InChI is InChI=1S/C25H24N4O5S/c1-34-22-16-18(10-13-23(22)35(2,32)33)20-7-5-15-29(28-20)25(31)17-8-11-19(12-9-17)27-24(30)21-6-3-4-14-26-21/h3-4,6,8-14,16H,5,7,15H2,1-2H3,(H,27,30). The van der Waals surface area contributed by atoms with Crippen molar-refractivity contribution in [3.63, 3.8) is 0 Å². The van der Waals surface area contributed by atoms with Crippen LogP contribution in [0.25, 0.3) is 0 Å². The highest BCUT2D eigenvalue weighted by molar-refractivity contribution is 7.90. The molecule has 0 unspecified atom stereocenters. The predicted octanol–water partition coefficient (Wildman–Crippen LogP) is 3.39. The zero-order valence-corrected chi connectivity index (χ0v) is 20.1. The average Bonchev–Trinajstić information content (AvgIpc) is 2.88. The molecule has 1 aromatic heterocycles. The molecule has 2 heterocycles. The molecule has 9 nitrogen and oxygen atoms in total. The summed E-state index contributed by atoms with van der Waals surface area (Å²) in [5.74, 6) is -0.378. The molecule has 0 saturated carbocycles. The summed E-state index contributed by atoms with van der Waals surface area (Å²) < 4.78 is 29.2. The van der Waals surface area contributed by atoms with Gasteiger partial charge in [0.1, 0.15) is 16.3 Å². The van der Waals surface area contributed by atoms with Crippen LogP contribution in [0.3, 0.4) is 0 Å². The molecule has 0 spiro atoms. The van der Waals surface area contributed by atoms with E-state index in [0.29, 0.717) is 47.6 Å². The lowest BCUT2D eigenvalue weighted by molar-refractivity contribution is 0.0751. The number of hydrogen-bond donors (Lipinski definition) is 1. The molecule has 0 bridgehead atoms. The Hall–Kier alpha value is -4.05. The van der Waals surface area contributed by atoms with Gasteiger partial charge in [0, 0.05) is 35.8 Å². The van der Waals surface area contributed by atoms with Crippen molar-refractivity contribution in [2.45, 2.75) is 17.7 Å². The fourth-order valence-electron chi connectivity index (χ4n) is 3.68. The third kappa shape index (κ3) is 5.55. The minimum atomic E-state index is -3.44. The third-order valence-electron chi connectivity index (χ3n) is 5.44. The summed E-state index contributed by atoms with van der Waals surface area (Å²) >= 11 is 0. The summed E-state index contributed by atoms with van der Waals surface area (Å²) in [7, 11) is -2.03. The number of pyridine rings is 1. The topological polar surface area (TPSA) is 118 Å². The molecule has 0 fully saturated rings. The van der Waals surface area contributed by atoms with Gasteiger partial charge in [-0.1, -0.05) is 12.1 Å². The van der Waals surface area contributed by atoms with Crippen LogP contribution in [0, 0.1) is 0 Å². The molecule has 3 aromatic rings. The number of methoxy groups -OCH3 is 1. The molecule has 10 heteroatoms. The maximum Gasteiger partial charge on any atom is 0.274 e. The van der Waals surface area contributed by atoms with E-state index in [9.17, 15) is 18.0 Å². The van der Waals surface area contributed by atoms with Crippen LogP contribution >= 0.6 is 0 Å². The van der Waals surface area contributed by atoms with E-state index in [2.05, 4.69) is 15.4 Å². The van der Waals surface area contributed by atoms with Crippen molar-refractivity contribution >= 4 is 33.1 Å². The number of carbonyl (C=O) groups excluding carboxylic acids is 2. The van der Waals surface area contributed by atoms with Crippen LogP contribution in [0.1, 0.15) is 39.3 Å². The van der Waals surface area contributed by atoms with Gasteiger partial charge in [-0.05, 0) is 61.4 Å². The van der Waals surface area contributed by atoms with E-state index >= 15 is 0 Å². The largest absolute Gasteiger partial charge is 0.495 e. The van der Waals surface area contributed by atoms with Gasteiger partial charge in [-0.25, -0.2) is 13.4 Å². The van der Waals surface area contributed by atoms with E-state index in [4.69, 9.17) is 4.74 Å². The lowest BCUT2D eigenvalue weighted by Gasteiger charge is -2.24. The summed E-state index contributed by atoms with van der Waals surface area (Å²) in [6.45, 7) is 0.457. The monoisotopic (exact) mass is 492 g/mol. The molecule has 180 valence electrons. The Kier molecular flexibility index (Phi) is 6.92. The normalized spacial score (nSPS) is 13.7. The first kappa shape index (κ1) is 24.1. The Balaban J connectivity index is 1.50. The maximum absolute atomic E-state index is 13.1. The number of ether oxygens (including phenoxy) is 1. The number of aromatic nitrogens is 1. The van der Waals surface area contributed by atoms with Crippen LogP contribution in [-0.2, 0) is 9.84 Å². The van der Waals surface area contributed by atoms with E-state index in [1.165, 1.54) is 18.2 Å². The summed E-state index contributed by atoms with van der Waals surface area (Å²) in [5, 5.41) is 8.67. The predicted molar refractivity (Wildman–Crippen MR) is 132 cm³/mol. The second-order valence-electron chi connectivity index (χ2n) is 7.96. The van der Waals surface area contributed by atoms with Gasteiger partial charge in [-0.15, -0.1) is 0 Å². The average molecular weight is 493 g/mol. The minimum Gasteiger partial charge on any atom is -0.495 e. The second-order valence-corrected chi connectivity index (χ2v) is 9.95. The Morgan fingerprint density at radius 2 is 1.83 bits per heavy atom. The Bertz CT molecular complexity index is 1390. The van der Waals surface area contributed by atoms with Gasteiger partial charge >= 0.3 is 0 Å². The number of nitrogens with zero attached hydrogens (tertiary/aromatic N) is 3. The number of benzene rings is 2. The SMILES string of the molecule is COc1cc(C2=NN(C(=O)c3ccc(NC(=O)c4ccccn4)cc3)CCC2)ccc1S(C)(=O)=O. The fourth-order valence-corrected chi connectivity index (χ4v) is 4.50. The van der Waals surface area contributed by atoms with E-state index in [-0.39, 0.29) is 22.5 Å². The number of nitrogens with one attached hydrogen (secondary N) is 1. The zero-order chi connectivity index (χ0) is 25.0. The molecule has 0 aliphatic carbocycles. The van der Waals surface area contributed by atoms with Gasteiger partial charge in [0.05, 0.1) is 12.8 Å². The van der Waals surface area contributed by atoms with Crippen molar-refractivity contribution in [1.29, 1.82) is 0 Å².